The summed E-state index contributed by atoms with van der Waals surface area (Å²) in [6.45, 7) is -2.29. The van der Waals surface area contributed by atoms with E-state index in [2.05, 4.69) is 10.1 Å². The summed E-state index contributed by atoms with van der Waals surface area (Å²) in [4.78, 5) is 12.2. The fraction of sp³-hybridized carbons (Fsp3) is 0.278. The molecule has 7 heteroatoms. The molecule has 1 N–H and O–H groups in total. The fourth-order valence-electron chi connectivity index (χ4n) is 2.27. The van der Waals surface area contributed by atoms with Crippen molar-refractivity contribution in [3.63, 3.8) is 0 Å². The van der Waals surface area contributed by atoms with Gasteiger partial charge < -0.3 is 19.5 Å². The van der Waals surface area contributed by atoms with E-state index in [4.69, 9.17) is 9.47 Å². The molecule has 134 valence electrons. The number of rotatable bonds is 8. The minimum Gasteiger partial charge on any atom is -0.493 e. The molecule has 2 aromatic carbocycles. The van der Waals surface area contributed by atoms with Gasteiger partial charge in [-0.15, -0.1) is 0 Å². The van der Waals surface area contributed by atoms with Gasteiger partial charge in [-0.25, -0.2) is 0 Å². The first-order valence-electron chi connectivity index (χ1n) is 7.51. The molecular formula is C18H19F2NO4. The summed E-state index contributed by atoms with van der Waals surface area (Å²) >= 11 is 0. The zero-order chi connectivity index (χ0) is 18.2. The summed E-state index contributed by atoms with van der Waals surface area (Å²) in [5, 5.41) is 2.77. The lowest BCUT2D eigenvalue weighted by Gasteiger charge is -2.12. The second kappa shape index (κ2) is 8.98. The maximum absolute atomic E-state index is 12.3. The number of carbonyl (C=O) groups is 1. The van der Waals surface area contributed by atoms with E-state index in [9.17, 15) is 13.6 Å². The van der Waals surface area contributed by atoms with Crippen LogP contribution in [0.4, 0.5) is 8.78 Å². The number of alkyl halides is 2. The molecular weight excluding hydrogens is 332 g/mol. The van der Waals surface area contributed by atoms with Crippen molar-refractivity contribution in [2.45, 2.75) is 19.8 Å². The van der Waals surface area contributed by atoms with E-state index in [0.717, 1.165) is 5.56 Å². The molecule has 0 saturated carbocycles. The summed E-state index contributed by atoms with van der Waals surface area (Å²) in [6.07, 6.45) is 0. The number of hydrogen-bond donors (Lipinski definition) is 1. The number of nitrogens with one attached hydrogen (secondary N) is 1. The number of hydrogen-bond acceptors (Lipinski definition) is 4. The minimum atomic E-state index is -2.93. The van der Waals surface area contributed by atoms with Crippen LogP contribution in [0.25, 0.3) is 0 Å². The van der Waals surface area contributed by atoms with E-state index < -0.39 is 6.61 Å². The van der Waals surface area contributed by atoms with Crippen molar-refractivity contribution in [1.82, 2.24) is 5.32 Å². The van der Waals surface area contributed by atoms with Gasteiger partial charge in [0, 0.05) is 19.2 Å². The molecule has 0 spiro atoms. The fourth-order valence-corrected chi connectivity index (χ4v) is 2.27. The predicted octanol–water partition coefficient (Wildman–Crippen LogP) is 3.37. The zero-order valence-corrected chi connectivity index (χ0v) is 13.9. The molecule has 0 unspecified atom stereocenters. The second-order valence-electron chi connectivity index (χ2n) is 5.18. The van der Waals surface area contributed by atoms with Gasteiger partial charge in [-0.2, -0.15) is 8.78 Å². The van der Waals surface area contributed by atoms with Crippen LogP contribution in [0.3, 0.4) is 0 Å². The number of benzene rings is 2. The SMILES string of the molecule is COCc1cccc(C(=O)NCc2ccc(OC(F)F)c(OC)c2)c1. The summed E-state index contributed by atoms with van der Waals surface area (Å²) in [5.74, 6) is -0.126. The Morgan fingerprint density at radius 1 is 1.08 bits per heavy atom. The van der Waals surface area contributed by atoms with Crippen LogP contribution in [0.2, 0.25) is 0 Å². The monoisotopic (exact) mass is 351 g/mol. The summed E-state index contributed by atoms with van der Waals surface area (Å²) in [6, 6.07) is 11.6. The van der Waals surface area contributed by atoms with Gasteiger partial charge in [0.1, 0.15) is 0 Å². The molecule has 0 aliphatic rings. The number of halogens is 2. The Labute approximate surface area is 144 Å². The lowest BCUT2D eigenvalue weighted by atomic mass is 10.1. The first-order chi connectivity index (χ1) is 12.0. The van der Waals surface area contributed by atoms with Crippen LogP contribution in [0, 0.1) is 0 Å². The maximum Gasteiger partial charge on any atom is 0.387 e. The first kappa shape index (κ1) is 18.7. The number of ether oxygens (including phenoxy) is 3. The highest BCUT2D eigenvalue weighted by atomic mass is 19.3. The molecule has 2 rings (SSSR count). The van der Waals surface area contributed by atoms with Crippen molar-refractivity contribution < 1.29 is 27.8 Å². The molecule has 0 radical (unpaired) electrons. The van der Waals surface area contributed by atoms with Crippen LogP contribution in [0.15, 0.2) is 42.5 Å². The standard InChI is InChI=1S/C18H19F2NO4/c1-23-11-13-4-3-5-14(8-13)17(22)21-10-12-6-7-15(25-18(19)20)16(9-12)24-2/h3-9,18H,10-11H2,1-2H3,(H,21,22). The molecule has 0 atom stereocenters. The predicted molar refractivity (Wildman–Crippen MR) is 88.0 cm³/mol. The van der Waals surface area contributed by atoms with Gasteiger partial charge in [-0.1, -0.05) is 18.2 Å². The maximum atomic E-state index is 12.3. The third-order valence-electron chi connectivity index (χ3n) is 3.40. The largest absolute Gasteiger partial charge is 0.493 e. The van der Waals surface area contributed by atoms with Crippen molar-refractivity contribution in [2.75, 3.05) is 14.2 Å². The zero-order valence-electron chi connectivity index (χ0n) is 13.9. The highest BCUT2D eigenvalue weighted by Crippen LogP contribution is 2.29. The molecule has 1 amide bonds. The van der Waals surface area contributed by atoms with Crippen LogP contribution >= 0.6 is 0 Å². The Hall–Kier alpha value is -2.67. The molecule has 0 fully saturated rings. The Morgan fingerprint density at radius 2 is 1.88 bits per heavy atom. The molecule has 0 aromatic heterocycles. The van der Waals surface area contributed by atoms with Crippen molar-refractivity contribution in [3.05, 3.63) is 59.2 Å². The lowest BCUT2D eigenvalue weighted by Crippen LogP contribution is -2.23. The molecule has 0 heterocycles. The van der Waals surface area contributed by atoms with Gasteiger partial charge in [0.15, 0.2) is 11.5 Å². The molecule has 0 aliphatic carbocycles. The summed E-state index contributed by atoms with van der Waals surface area (Å²) in [5.41, 5.74) is 2.10. The van der Waals surface area contributed by atoms with Gasteiger partial charge in [0.25, 0.3) is 5.91 Å². The van der Waals surface area contributed by atoms with E-state index in [-0.39, 0.29) is 24.0 Å². The Balaban J connectivity index is 2.03. The minimum absolute atomic E-state index is 0.0557. The molecule has 0 saturated heterocycles. The van der Waals surface area contributed by atoms with Crippen LogP contribution < -0.4 is 14.8 Å². The number of amides is 1. The van der Waals surface area contributed by atoms with Gasteiger partial charge in [0.05, 0.1) is 13.7 Å². The van der Waals surface area contributed by atoms with E-state index in [0.29, 0.717) is 17.7 Å². The smallest absolute Gasteiger partial charge is 0.387 e. The van der Waals surface area contributed by atoms with Crippen LogP contribution in [0.5, 0.6) is 11.5 Å². The van der Waals surface area contributed by atoms with Crippen LogP contribution in [-0.4, -0.2) is 26.7 Å². The number of methoxy groups -OCH3 is 2. The molecule has 0 bridgehead atoms. The van der Waals surface area contributed by atoms with Gasteiger partial charge in [0.2, 0.25) is 0 Å². The van der Waals surface area contributed by atoms with Crippen molar-refractivity contribution >= 4 is 5.91 Å². The Bertz CT molecular complexity index is 722. The van der Waals surface area contributed by atoms with E-state index >= 15 is 0 Å². The van der Waals surface area contributed by atoms with Crippen LogP contribution in [-0.2, 0) is 17.9 Å². The van der Waals surface area contributed by atoms with E-state index in [1.54, 1.807) is 37.4 Å². The third kappa shape index (κ3) is 5.42. The third-order valence-corrected chi connectivity index (χ3v) is 3.40. The van der Waals surface area contributed by atoms with E-state index in [1.165, 1.54) is 13.2 Å². The van der Waals surface area contributed by atoms with Gasteiger partial charge in [-0.05, 0) is 35.4 Å². The lowest BCUT2D eigenvalue weighted by molar-refractivity contribution is -0.0512. The molecule has 2 aromatic rings. The van der Waals surface area contributed by atoms with Crippen molar-refractivity contribution in [1.29, 1.82) is 0 Å². The summed E-state index contributed by atoms with van der Waals surface area (Å²) < 4.78 is 39.1. The van der Waals surface area contributed by atoms with Crippen molar-refractivity contribution in [2.24, 2.45) is 0 Å². The second-order valence-corrected chi connectivity index (χ2v) is 5.18. The summed E-state index contributed by atoms with van der Waals surface area (Å²) in [7, 11) is 2.94. The van der Waals surface area contributed by atoms with Crippen molar-refractivity contribution in [3.8, 4) is 11.5 Å². The van der Waals surface area contributed by atoms with Gasteiger partial charge in [-0.3, -0.25) is 4.79 Å². The average Bonchev–Trinajstić information content (AvgIpc) is 2.60. The highest BCUT2D eigenvalue weighted by molar-refractivity contribution is 5.94. The molecule has 25 heavy (non-hydrogen) atoms. The number of carbonyl (C=O) groups excluding carboxylic acids is 1. The quantitative estimate of drug-likeness (QED) is 0.792. The molecule has 5 nitrogen and oxygen atoms in total. The Morgan fingerprint density at radius 3 is 2.56 bits per heavy atom. The normalized spacial score (nSPS) is 10.6. The average molecular weight is 351 g/mol. The highest BCUT2D eigenvalue weighted by Gasteiger charge is 2.12. The van der Waals surface area contributed by atoms with Gasteiger partial charge >= 0.3 is 6.61 Å². The first-order valence-corrected chi connectivity index (χ1v) is 7.51. The van der Waals surface area contributed by atoms with Crippen LogP contribution in [0.1, 0.15) is 21.5 Å². The Kier molecular flexibility index (Phi) is 6.71. The van der Waals surface area contributed by atoms with E-state index in [1.807, 2.05) is 6.07 Å². The topological polar surface area (TPSA) is 56.8 Å². The molecule has 0 aliphatic heterocycles.